The van der Waals surface area contributed by atoms with Gasteiger partial charge in [0, 0.05) is 30.9 Å². The molecule has 0 saturated carbocycles. The summed E-state index contributed by atoms with van der Waals surface area (Å²) < 4.78 is 13.6. The Morgan fingerprint density at radius 1 is 1.33 bits per heavy atom. The number of nitrogen functional groups attached to an aromatic ring is 1. The lowest BCUT2D eigenvalue weighted by molar-refractivity contribution is 0.607. The fourth-order valence-corrected chi connectivity index (χ4v) is 1.79. The number of nitrogens with two attached hydrogens (primary N) is 1. The molecule has 1 aromatic heterocycles. The maximum absolute atomic E-state index is 13.6. The van der Waals surface area contributed by atoms with Gasteiger partial charge < -0.3 is 10.6 Å². The lowest BCUT2D eigenvalue weighted by atomic mass is 10.2. The van der Waals surface area contributed by atoms with Gasteiger partial charge in [-0.25, -0.2) is 9.37 Å². The molecule has 0 radical (unpaired) electrons. The van der Waals surface area contributed by atoms with Crippen LogP contribution in [0.25, 0.3) is 0 Å². The molecule has 0 unspecified atom stereocenters. The number of hydrogen-bond acceptors (Lipinski definition) is 4. The summed E-state index contributed by atoms with van der Waals surface area (Å²) in [5, 5.41) is 0. The first-order valence-corrected chi connectivity index (χ1v) is 5.61. The minimum atomic E-state index is -0.218. The number of anilines is 2. The molecule has 0 aliphatic rings. The van der Waals surface area contributed by atoms with E-state index in [9.17, 15) is 4.39 Å². The van der Waals surface area contributed by atoms with E-state index in [4.69, 9.17) is 5.73 Å². The van der Waals surface area contributed by atoms with Gasteiger partial charge in [0.05, 0.1) is 0 Å². The molecule has 0 spiro atoms. The minimum absolute atomic E-state index is 0.218. The summed E-state index contributed by atoms with van der Waals surface area (Å²) in [4.78, 5) is 9.93. The van der Waals surface area contributed by atoms with Crippen molar-refractivity contribution < 1.29 is 4.39 Å². The van der Waals surface area contributed by atoms with Crippen LogP contribution in [-0.4, -0.2) is 17.0 Å². The number of aryl methyl sites for hydroxylation is 1. The van der Waals surface area contributed by atoms with E-state index < -0.39 is 0 Å². The van der Waals surface area contributed by atoms with E-state index in [-0.39, 0.29) is 11.8 Å². The Kier molecular flexibility index (Phi) is 3.41. The highest BCUT2D eigenvalue weighted by molar-refractivity contribution is 5.47. The van der Waals surface area contributed by atoms with Crippen molar-refractivity contribution in [1.82, 2.24) is 9.97 Å². The van der Waals surface area contributed by atoms with E-state index in [1.807, 2.05) is 24.9 Å². The molecular formula is C13H15FN4. The van der Waals surface area contributed by atoms with Crippen LogP contribution < -0.4 is 10.6 Å². The summed E-state index contributed by atoms with van der Waals surface area (Å²) in [6.45, 7) is 2.33. The van der Waals surface area contributed by atoms with Crippen LogP contribution in [0.15, 0.2) is 30.5 Å². The van der Waals surface area contributed by atoms with Gasteiger partial charge in [0.1, 0.15) is 11.6 Å². The van der Waals surface area contributed by atoms with Crippen LogP contribution in [0.2, 0.25) is 0 Å². The predicted molar refractivity (Wildman–Crippen MR) is 69.7 cm³/mol. The molecule has 0 bridgehead atoms. The normalized spacial score (nSPS) is 10.4. The molecule has 2 N–H and O–H groups in total. The van der Waals surface area contributed by atoms with Gasteiger partial charge in [-0.05, 0) is 13.0 Å². The Morgan fingerprint density at radius 3 is 2.78 bits per heavy atom. The van der Waals surface area contributed by atoms with Crippen LogP contribution >= 0.6 is 0 Å². The second-order valence-corrected chi connectivity index (χ2v) is 4.18. The Bertz CT molecular complexity index is 556. The molecule has 0 aliphatic heterocycles. The zero-order valence-corrected chi connectivity index (χ0v) is 10.4. The van der Waals surface area contributed by atoms with Gasteiger partial charge in [0.2, 0.25) is 5.95 Å². The molecule has 2 aromatic rings. The maximum Gasteiger partial charge on any atom is 0.221 e. The van der Waals surface area contributed by atoms with E-state index in [1.165, 1.54) is 6.07 Å². The lowest BCUT2D eigenvalue weighted by Crippen LogP contribution is -2.20. The molecule has 1 aromatic carbocycles. The Balaban J connectivity index is 2.25. The standard InChI is InChI=1S/C13H15FN4/c1-9-7-16-13(15)17-12(9)18(2)8-10-5-3-4-6-11(10)14/h3-7H,8H2,1-2H3,(H2,15,16,17). The summed E-state index contributed by atoms with van der Waals surface area (Å²) >= 11 is 0. The third kappa shape index (κ3) is 2.56. The topological polar surface area (TPSA) is 55.0 Å². The molecule has 0 saturated heterocycles. The Hall–Kier alpha value is -2.17. The summed E-state index contributed by atoms with van der Waals surface area (Å²) in [6, 6.07) is 6.69. The largest absolute Gasteiger partial charge is 0.368 e. The summed E-state index contributed by atoms with van der Waals surface area (Å²) in [5.41, 5.74) is 7.09. The molecule has 4 nitrogen and oxygen atoms in total. The van der Waals surface area contributed by atoms with Crippen LogP contribution in [-0.2, 0) is 6.54 Å². The first kappa shape index (κ1) is 12.3. The Morgan fingerprint density at radius 2 is 2.06 bits per heavy atom. The van der Waals surface area contributed by atoms with Crippen molar-refractivity contribution in [2.24, 2.45) is 0 Å². The average molecular weight is 246 g/mol. The predicted octanol–water partition coefficient (Wildman–Crippen LogP) is 2.14. The molecule has 0 fully saturated rings. The van der Waals surface area contributed by atoms with E-state index in [0.29, 0.717) is 17.9 Å². The average Bonchev–Trinajstić information content (AvgIpc) is 2.35. The van der Waals surface area contributed by atoms with E-state index >= 15 is 0 Å². The minimum Gasteiger partial charge on any atom is -0.368 e. The summed E-state index contributed by atoms with van der Waals surface area (Å²) in [7, 11) is 1.85. The summed E-state index contributed by atoms with van der Waals surface area (Å²) in [5.74, 6) is 0.714. The van der Waals surface area contributed by atoms with Crippen LogP contribution in [0.3, 0.4) is 0 Å². The quantitative estimate of drug-likeness (QED) is 0.901. The zero-order valence-electron chi connectivity index (χ0n) is 10.4. The highest BCUT2D eigenvalue weighted by Gasteiger charge is 2.10. The molecule has 18 heavy (non-hydrogen) atoms. The number of halogens is 1. The molecule has 94 valence electrons. The highest BCUT2D eigenvalue weighted by atomic mass is 19.1. The van der Waals surface area contributed by atoms with Crippen molar-refractivity contribution in [1.29, 1.82) is 0 Å². The second-order valence-electron chi connectivity index (χ2n) is 4.18. The Labute approximate surface area is 105 Å². The zero-order chi connectivity index (χ0) is 13.1. The SMILES string of the molecule is Cc1cnc(N)nc1N(C)Cc1ccccc1F. The van der Waals surface area contributed by atoms with Crippen molar-refractivity contribution in [3.05, 3.63) is 47.4 Å². The van der Waals surface area contributed by atoms with Crippen LogP contribution in [0.5, 0.6) is 0 Å². The summed E-state index contributed by atoms with van der Waals surface area (Å²) in [6.07, 6.45) is 1.66. The van der Waals surface area contributed by atoms with E-state index in [1.54, 1.807) is 18.3 Å². The third-order valence-corrected chi connectivity index (χ3v) is 2.69. The fraction of sp³-hybridized carbons (Fsp3) is 0.231. The van der Waals surface area contributed by atoms with Crippen molar-refractivity contribution in [2.45, 2.75) is 13.5 Å². The van der Waals surface area contributed by atoms with Crippen LogP contribution in [0.4, 0.5) is 16.2 Å². The van der Waals surface area contributed by atoms with Crippen molar-refractivity contribution in [2.75, 3.05) is 17.7 Å². The van der Waals surface area contributed by atoms with Gasteiger partial charge in [0.25, 0.3) is 0 Å². The number of rotatable bonds is 3. The number of benzene rings is 1. The monoisotopic (exact) mass is 246 g/mol. The van der Waals surface area contributed by atoms with Gasteiger partial charge in [0.15, 0.2) is 0 Å². The van der Waals surface area contributed by atoms with E-state index in [0.717, 1.165) is 5.56 Å². The fourth-order valence-electron chi connectivity index (χ4n) is 1.79. The van der Waals surface area contributed by atoms with Gasteiger partial charge in [-0.15, -0.1) is 0 Å². The number of hydrogen-bond donors (Lipinski definition) is 1. The molecule has 2 rings (SSSR count). The first-order chi connectivity index (χ1) is 8.58. The molecule has 0 amide bonds. The van der Waals surface area contributed by atoms with Crippen LogP contribution in [0, 0.1) is 12.7 Å². The lowest BCUT2D eigenvalue weighted by Gasteiger charge is -2.20. The van der Waals surface area contributed by atoms with Crippen LogP contribution in [0.1, 0.15) is 11.1 Å². The van der Waals surface area contributed by atoms with Gasteiger partial charge in [-0.3, -0.25) is 0 Å². The highest BCUT2D eigenvalue weighted by Crippen LogP contribution is 2.18. The smallest absolute Gasteiger partial charge is 0.221 e. The molecule has 0 atom stereocenters. The van der Waals surface area contributed by atoms with Gasteiger partial charge >= 0.3 is 0 Å². The van der Waals surface area contributed by atoms with Gasteiger partial charge in [-0.1, -0.05) is 18.2 Å². The second kappa shape index (κ2) is 5.00. The van der Waals surface area contributed by atoms with Crippen molar-refractivity contribution in [3.63, 3.8) is 0 Å². The number of aromatic nitrogens is 2. The molecule has 5 heteroatoms. The van der Waals surface area contributed by atoms with Gasteiger partial charge in [-0.2, -0.15) is 4.98 Å². The first-order valence-electron chi connectivity index (χ1n) is 5.61. The van der Waals surface area contributed by atoms with Crippen molar-refractivity contribution >= 4 is 11.8 Å². The molecule has 0 aliphatic carbocycles. The molecule has 1 heterocycles. The maximum atomic E-state index is 13.6. The number of nitrogens with zero attached hydrogens (tertiary/aromatic N) is 3. The third-order valence-electron chi connectivity index (χ3n) is 2.69. The van der Waals surface area contributed by atoms with E-state index in [2.05, 4.69) is 9.97 Å². The molecular weight excluding hydrogens is 231 g/mol. The van der Waals surface area contributed by atoms with Crippen molar-refractivity contribution in [3.8, 4) is 0 Å².